The fourth-order valence-corrected chi connectivity index (χ4v) is 2.73. The van der Waals surface area contributed by atoms with Crippen molar-refractivity contribution in [1.82, 2.24) is 14.6 Å². The summed E-state index contributed by atoms with van der Waals surface area (Å²) in [5.41, 5.74) is -1.08. The molecule has 0 aliphatic heterocycles. The molecule has 10 heteroatoms. The Balaban J connectivity index is 1.82. The number of aromatic nitrogens is 3. The van der Waals surface area contributed by atoms with E-state index in [4.69, 9.17) is 16.0 Å². The Hall–Kier alpha value is -3.33. The minimum atomic E-state index is -4.71. The fourth-order valence-electron chi connectivity index (χ4n) is 2.61. The van der Waals surface area contributed by atoms with Crippen LogP contribution < -0.4 is 5.32 Å². The zero-order chi connectivity index (χ0) is 19.9. The second-order valence-corrected chi connectivity index (χ2v) is 6.19. The van der Waals surface area contributed by atoms with Gasteiger partial charge in [0.2, 0.25) is 0 Å². The molecule has 6 nitrogen and oxygen atoms in total. The molecule has 4 rings (SSSR count). The van der Waals surface area contributed by atoms with E-state index in [0.29, 0.717) is 15.2 Å². The number of nitrogens with zero attached hydrogens (tertiary/aromatic N) is 3. The maximum Gasteiger partial charge on any atom is 0.433 e. The van der Waals surface area contributed by atoms with Gasteiger partial charge in [0.05, 0.1) is 12.5 Å². The maximum absolute atomic E-state index is 13.5. The van der Waals surface area contributed by atoms with Crippen molar-refractivity contribution in [1.29, 1.82) is 0 Å². The quantitative estimate of drug-likeness (QED) is 0.524. The standard InChI is InChI=1S/C18H10ClF3N4O2/c19-10-3-5-11(6-4-10)24-17(27)12-9-23-26-15(18(20,21)22)8-13(25-16(12)26)14-2-1-7-28-14/h1-9H,(H,24,27). The van der Waals surface area contributed by atoms with Crippen molar-refractivity contribution >= 4 is 28.8 Å². The first kappa shape index (κ1) is 18.1. The van der Waals surface area contributed by atoms with Crippen molar-refractivity contribution in [3.05, 3.63) is 71.2 Å². The zero-order valence-corrected chi connectivity index (χ0v) is 14.6. The molecule has 0 fully saturated rings. The van der Waals surface area contributed by atoms with Gasteiger partial charge < -0.3 is 9.73 Å². The molecule has 0 atom stereocenters. The molecule has 1 aromatic carbocycles. The number of hydrogen-bond donors (Lipinski definition) is 1. The average Bonchev–Trinajstić information content (AvgIpc) is 3.31. The Bertz CT molecular complexity index is 1150. The van der Waals surface area contributed by atoms with Gasteiger partial charge in [0.1, 0.15) is 11.3 Å². The van der Waals surface area contributed by atoms with Crippen molar-refractivity contribution in [2.45, 2.75) is 6.18 Å². The number of fused-ring (bicyclic) bond motifs is 1. The van der Waals surface area contributed by atoms with Crippen molar-refractivity contribution in [2.24, 2.45) is 0 Å². The molecule has 0 unspecified atom stereocenters. The zero-order valence-electron chi connectivity index (χ0n) is 13.9. The molecule has 1 amide bonds. The summed E-state index contributed by atoms with van der Waals surface area (Å²) in [5.74, 6) is -0.521. The number of rotatable bonds is 3. The monoisotopic (exact) mass is 406 g/mol. The highest BCUT2D eigenvalue weighted by Crippen LogP contribution is 2.33. The third kappa shape index (κ3) is 3.31. The van der Waals surface area contributed by atoms with Gasteiger partial charge in [-0.05, 0) is 42.5 Å². The van der Waals surface area contributed by atoms with E-state index in [9.17, 15) is 18.0 Å². The van der Waals surface area contributed by atoms with Crippen molar-refractivity contribution in [3.63, 3.8) is 0 Å². The van der Waals surface area contributed by atoms with Crippen LogP contribution in [0.4, 0.5) is 18.9 Å². The molecule has 28 heavy (non-hydrogen) atoms. The second kappa shape index (κ2) is 6.68. The Labute approximate surface area is 160 Å². The SMILES string of the molecule is O=C(Nc1ccc(Cl)cc1)c1cnn2c(C(F)(F)F)cc(-c3ccco3)nc12. The highest BCUT2D eigenvalue weighted by Gasteiger charge is 2.36. The fraction of sp³-hybridized carbons (Fsp3) is 0.0556. The highest BCUT2D eigenvalue weighted by molar-refractivity contribution is 6.30. The molecule has 0 aliphatic carbocycles. The van der Waals surface area contributed by atoms with Crippen molar-refractivity contribution in [2.75, 3.05) is 5.32 Å². The number of nitrogens with one attached hydrogen (secondary N) is 1. The van der Waals surface area contributed by atoms with E-state index >= 15 is 0 Å². The van der Waals surface area contributed by atoms with E-state index in [0.717, 1.165) is 12.3 Å². The Morgan fingerprint density at radius 2 is 1.93 bits per heavy atom. The van der Waals surface area contributed by atoms with E-state index < -0.39 is 17.8 Å². The van der Waals surface area contributed by atoms with Gasteiger partial charge in [0.25, 0.3) is 5.91 Å². The number of furan rings is 1. The smallest absolute Gasteiger partial charge is 0.433 e. The van der Waals surface area contributed by atoms with Gasteiger partial charge in [-0.2, -0.15) is 18.3 Å². The van der Waals surface area contributed by atoms with Crippen LogP contribution in [0.2, 0.25) is 5.02 Å². The lowest BCUT2D eigenvalue weighted by atomic mass is 10.2. The third-order valence-electron chi connectivity index (χ3n) is 3.88. The molecule has 142 valence electrons. The van der Waals surface area contributed by atoms with Gasteiger partial charge >= 0.3 is 6.18 Å². The number of hydrogen-bond acceptors (Lipinski definition) is 4. The molecule has 3 heterocycles. The van der Waals surface area contributed by atoms with E-state index in [-0.39, 0.29) is 22.7 Å². The minimum Gasteiger partial charge on any atom is -0.463 e. The summed E-state index contributed by atoms with van der Waals surface area (Å²) in [6.45, 7) is 0. The first-order chi connectivity index (χ1) is 13.3. The summed E-state index contributed by atoms with van der Waals surface area (Å²) in [5, 5.41) is 6.77. The summed E-state index contributed by atoms with van der Waals surface area (Å²) < 4.78 is 46.2. The van der Waals surface area contributed by atoms with Crippen molar-refractivity contribution < 1.29 is 22.4 Å². The van der Waals surface area contributed by atoms with Crippen LogP contribution >= 0.6 is 11.6 Å². The van der Waals surface area contributed by atoms with Crippen LogP contribution in [0.3, 0.4) is 0 Å². The lowest BCUT2D eigenvalue weighted by molar-refractivity contribution is -0.142. The van der Waals surface area contributed by atoms with Crippen LogP contribution in [0, 0.1) is 0 Å². The third-order valence-corrected chi connectivity index (χ3v) is 4.13. The Morgan fingerprint density at radius 1 is 1.18 bits per heavy atom. The van der Waals surface area contributed by atoms with Gasteiger partial charge in [-0.3, -0.25) is 4.79 Å². The number of amides is 1. The molecule has 0 aliphatic rings. The molecular formula is C18H10ClF3N4O2. The Kier molecular flexibility index (Phi) is 4.31. The van der Waals surface area contributed by atoms with Crippen LogP contribution in [0.5, 0.6) is 0 Å². The van der Waals surface area contributed by atoms with Gasteiger partial charge in [0.15, 0.2) is 17.1 Å². The lowest BCUT2D eigenvalue weighted by Crippen LogP contribution is -2.15. The number of carbonyl (C=O) groups is 1. The van der Waals surface area contributed by atoms with E-state index in [1.165, 1.54) is 18.4 Å². The summed E-state index contributed by atoms with van der Waals surface area (Å²) in [6.07, 6.45) is -2.35. The normalized spacial score (nSPS) is 11.7. The Morgan fingerprint density at radius 3 is 2.57 bits per heavy atom. The second-order valence-electron chi connectivity index (χ2n) is 5.76. The predicted molar refractivity (Wildman–Crippen MR) is 95.1 cm³/mol. The molecule has 0 bridgehead atoms. The maximum atomic E-state index is 13.5. The first-order valence-electron chi connectivity index (χ1n) is 7.90. The molecule has 0 radical (unpaired) electrons. The van der Waals surface area contributed by atoms with Crippen LogP contribution in [0.15, 0.2) is 59.3 Å². The largest absolute Gasteiger partial charge is 0.463 e. The predicted octanol–water partition coefficient (Wildman–Crippen LogP) is 4.91. The topological polar surface area (TPSA) is 72.4 Å². The van der Waals surface area contributed by atoms with Crippen LogP contribution in [0.25, 0.3) is 17.1 Å². The van der Waals surface area contributed by atoms with Gasteiger partial charge in [-0.25, -0.2) is 9.50 Å². The van der Waals surface area contributed by atoms with Gasteiger partial charge in [-0.15, -0.1) is 0 Å². The molecule has 0 spiro atoms. The van der Waals surface area contributed by atoms with Crippen LogP contribution in [-0.4, -0.2) is 20.5 Å². The summed E-state index contributed by atoms with van der Waals surface area (Å²) >= 11 is 5.80. The number of halogens is 4. The van der Waals surface area contributed by atoms with Crippen molar-refractivity contribution in [3.8, 4) is 11.5 Å². The molecule has 3 aromatic heterocycles. The number of carbonyl (C=O) groups excluding carboxylic acids is 1. The summed E-state index contributed by atoms with van der Waals surface area (Å²) in [7, 11) is 0. The summed E-state index contributed by atoms with van der Waals surface area (Å²) in [6, 6.07) is 10.1. The summed E-state index contributed by atoms with van der Waals surface area (Å²) in [4.78, 5) is 16.7. The number of alkyl halides is 3. The molecule has 0 saturated carbocycles. The first-order valence-corrected chi connectivity index (χ1v) is 8.27. The van der Waals surface area contributed by atoms with Crippen LogP contribution in [0.1, 0.15) is 16.1 Å². The lowest BCUT2D eigenvalue weighted by Gasteiger charge is -2.10. The highest BCUT2D eigenvalue weighted by atomic mass is 35.5. The van der Waals surface area contributed by atoms with Gasteiger partial charge in [0, 0.05) is 10.7 Å². The van der Waals surface area contributed by atoms with Gasteiger partial charge in [-0.1, -0.05) is 11.6 Å². The average molecular weight is 407 g/mol. The number of benzene rings is 1. The van der Waals surface area contributed by atoms with Crippen LogP contribution in [-0.2, 0) is 6.18 Å². The molecular weight excluding hydrogens is 397 g/mol. The molecule has 4 aromatic rings. The molecule has 0 saturated heterocycles. The molecule has 1 N–H and O–H groups in total. The van der Waals surface area contributed by atoms with E-state index in [1.807, 2.05) is 0 Å². The number of anilines is 1. The van der Waals surface area contributed by atoms with E-state index in [1.54, 1.807) is 24.3 Å². The van der Waals surface area contributed by atoms with E-state index in [2.05, 4.69) is 15.4 Å². The minimum absolute atomic E-state index is 0.0640.